The molecular weight excluding hydrogens is 279 g/mol. The van der Waals surface area contributed by atoms with Crippen molar-refractivity contribution in [3.63, 3.8) is 0 Å². The Morgan fingerprint density at radius 1 is 1.54 bits per heavy atom. The van der Waals surface area contributed by atoms with Crippen molar-refractivity contribution in [2.24, 2.45) is 0 Å². The summed E-state index contributed by atoms with van der Waals surface area (Å²) in [7, 11) is 0. The van der Waals surface area contributed by atoms with Crippen LogP contribution in [0.25, 0.3) is 0 Å². The number of carbonyl (C=O) groups is 1. The molecule has 0 saturated carbocycles. The third-order valence-corrected chi connectivity index (χ3v) is 3.15. The normalized spacial score (nSPS) is 10.1. The lowest BCUT2D eigenvalue weighted by Crippen LogP contribution is -2.24. The van der Waals surface area contributed by atoms with Gasteiger partial charge < -0.3 is 9.90 Å². The number of hydrogen-bond acceptors (Lipinski definition) is 2. The van der Waals surface area contributed by atoms with E-state index in [-0.39, 0.29) is 0 Å². The molecule has 0 saturated heterocycles. The lowest BCUT2D eigenvalue weighted by Gasteiger charge is -2.11. The minimum absolute atomic E-state index is 0.317. The zero-order valence-electron chi connectivity index (χ0n) is 7.56. The SMILES string of the molecule is CCc1cc(C)c(I)cc1C(=O)[O-]. The number of carboxylic acids is 1. The number of carbonyl (C=O) groups excluding carboxylic acids is 1. The van der Waals surface area contributed by atoms with E-state index in [1.54, 1.807) is 6.07 Å². The van der Waals surface area contributed by atoms with Crippen LogP contribution in [-0.4, -0.2) is 5.97 Å². The topological polar surface area (TPSA) is 40.1 Å². The Balaban J connectivity index is 3.33. The highest BCUT2D eigenvalue weighted by Gasteiger charge is 2.04. The Bertz CT molecular complexity index is 345. The highest BCUT2D eigenvalue weighted by Crippen LogP contribution is 2.18. The van der Waals surface area contributed by atoms with E-state index in [0.29, 0.717) is 5.56 Å². The summed E-state index contributed by atoms with van der Waals surface area (Å²) in [5.41, 5.74) is 2.28. The molecule has 0 N–H and O–H groups in total. The van der Waals surface area contributed by atoms with E-state index in [9.17, 15) is 9.90 Å². The minimum Gasteiger partial charge on any atom is -0.545 e. The van der Waals surface area contributed by atoms with Crippen LogP contribution in [0.2, 0.25) is 0 Å². The van der Waals surface area contributed by atoms with Gasteiger partial charge in [0.15, 0.2) is 0 Å². The molecule has 1 aromatic rings. The molecule has 70 valence electrons. The van der Waals surface area contributed by atoms with Gasteiger partial charge in [-0.15, -0.1) is 0 Å². The summed E-state index contributed by atoms with van der Waals surface area (Å²) in [4.78, 5) is 10.7. The molecule has 0 heterocycles. The maximum atomic E-state index is 10.7. The van der Waals surface area contributed by atoms with E-state index in [1.807, 2.05) is 19.9 Å². The Morgan fingerprint density at radius 3 is 2.62 bits per heavy atom. The average molecular weight is 289 g/mol. The van der Waals surface area contributed by atoms with Crippen molar-refractivity contribution < 1.29 is 9.90 Å². The van der Waals surface area contributed by atoms with Gasteiger partial charge in [-0.3, -0.25) is 0 Å². The molecule has 0 radical (unpaired) electrons. The first kappa shape index (κ1) is 10.5. The maximum Gasteiger partial charge on any atom is 0.0718 e. The van der Waals surface area contributed by atoms with Crippen LogP contribution in [0.5, 0.6) is 0 Å². The monoisotopic (exact) mass is 289 g/mol. The van der Waals surface area contributed by atoms with Crippen LogP contribution in [0.1, 0.15) is 28.4 Å². The number of benzene rings is 1. The molecule has 13 heavy (non-hydrogen) atoms. The minimum atomic E-state index is -1.09. The van der Waals surface area contributed by atoms with Gasteiger partial charge >= 0.3 is 0 Å². The van der Waals surface area contributed by atoms with E-state index in [2.05, 4.69) is 22.6 Å². The van der Waals surface area contributed by atoms with Gasteiger partial charge in [0.05, 0.1) is 5.97 Å². The second kappa shape index (κ2) is 4.09. The highest BCUT2D eigenvalue weighted by atomic mass is 127. The van der Waals surface area contributed by atoms with E-state index in [0.717, 1.165) is 21.1 Å². The largest absolute Gasteiger partial charge is 0.545 e. The van der Waals surface area contributed by atoms with Gasteiger partial charge in [0.25, 0.3) is 0 Å². The van der Waals surface area contributed by atoms with Gasteiger partial charge in [0.2, 0.25) is 0 Å². The van der Waals surface area contributed by atoms with Crippen molar-refractivity contribution in [3.8, 4) is 0 Å². The molecule has 0 unspecified atom stereocenters. The second-order valence-electron chi connectivity index (χ2n) is 2.90. The van der Waals surface area contributed by atoms with Crippen molar-refractivity contribution in [3.05, 3.63) is 32.4 Å². The smallest absolute Gasteiger partial charge is 0.0718 e. The first-order chi connectivity index (χ1) is 6.06. The van der Waals surface area contributed by atoms with Crippen molar-refractivity contribution in [1.29, 1.82) is 0 Å². The van der Waals surface area contributed by atoms with Crippen molar-refractivity contribution >= 4 is 28.6 Å². The van der Waals surface area contributed by atoms with E-state index >= 15 is 0 Å². The summed E-state index contributed by atoms with van der Waals surface area (Å²) in [5.74, 6) is -1.09. The molecule has 0 spiro atoms. The standard InChI is InChI=1S/C10H11IO2/c1-3-7-4-6(2)9(11)5-8(7)10(12)13/h4-5H,3H2,1-2H3,(H,12,13)/p-1. The fourth-order valence-electron chi connectivity index (χ4n) is 1.22. The van der Waals surface area contributed by atoms with Crippen molar-refractivity contribution in [2.75, 3.05) is 0 Å². The lowest BCUT2D eigenvalue weighted by molar-refractivity contribution is -0.255. The Hall–Kier alpha value is -0.580. The molecular formula is C10H10IO2-. The first-order valence-electron chi connectivity index (χ1n) is 4.06. The maximum absolute atomic E-state index is 10.7. The molecule has 1 rings (SSSR count). The van der Waals surface area contributed by atoms with Gasteiger partial charge in [-0.1, -0.05) is 13.0 Å². The third kappa shape index (κ3) is 2.21. The predicted octanol–water partition coefficient (Wildman–Crippen LogP) is 1.53. The summed E-state index contributed by atoms with van der Waals surface area (Å²) in [6.07, 6.45) is 0.723. The highest BCUT2D eigenvalue weighted by molar-refractivity contribution is 14.1. The van der Waals surface area contributed by atoms with Gasteiger partial charge in [-0.25, -0.2) is 0 Å². The number of aromatic carboxylic acids is 1. The second-order valence-corrected chi connectivity index (χ2v) is 4.06. The molecule has 1 aromatic carbocycles. The lowest BCUT2D eigenvalue weighted by atomic mass is 10.0. The van der Waals surface area contributed by atoms with Crippen LogP contribution in [0, 0.1) is 10.5 Å². The van der Waals surface area contributed by atoms with Gasteiger partial charge in [0, 0.05) is 9.13 Å². The van der Waals surface area contributed by atoms with Gasteiger partial charge in [-0.05, 0) is 53.1 Å². The summed E-state index contributed by atoms with van der Waals surface area (Å²) in [5, 5.41) is 10.7. The molecule has 3 heteroatoms. The van der Waals surface area contributed by atoms with Crippen LogP contribution < -0.4 is 5.11 Å². The molecule has 0 fully saturated rings. The average Bonchev–Trinajstić information content (AvgIpc) is 2.08. The molecule has 0 aliphatic carbocycles. The van der Waals surface area contributed by atoms with Gasteiger partial charge in [-0.2, -0.15) is 0 Å². The van der Waals surface area contributed by atoms with E-state index < -0.39 is 5.97 Å². The Morgan fingerprint density at radius 2 is 2.15 bits per heavy atom. The summed E-state index contributed by atoms with van der Waals surface area (Å²) in [6, 6.07) is 3.58. The predicted molar refractivity (Wildman–Crippen MR) is 57.6 cm³/mol. The number of carboxylic acid groups (broad SMARTS) is 1. The van der Waals surface area contributed by atoms with E-state index in [4.69, 9.17) is 0 Å². The van der Waals surface area contributed by atoms with Crippen LogP contribution in [-0.2, 0) is 6.42 Å². The Labute approximate surface area is 91.1 Å². The number of aryl methyl sites for hydroxylation is 2. The quantitative estimate of drug-likeness (QED) is 0.775. The summed E-state index contributed by atoms with van der Waals surface area (Å²) < 4.78 is 0.967. The number of halogens is 1. The van der Waals surface area contributed by atoms with Crippen LogP contribution in [0.15, 0.2) is 12.1 Å². The zero-order valence-corrected chi connectivity index (χ0v) is 9.71. The van der Waals surface area contributed by atoms with Crippen LogP contribution in [0.4, 0.5) is 0 Å². The molecule has 0 aromatic heterocycles. The van der Waals surface area contributed by atoms with Crippen LogP contribution in [0.3, 0.4) is 0 Å². The van der Waals surface area contributed by atoms with Gasteiger partial charge in [0.1, 0.15) is 0 Å². The fraction of sp³-hybridized carbons (Fsp3) is 0.300. The van der Waals surface area contributed by atoms with Crippen LogP contribution >= 0.6 is 22.6 Å². The first-order valence-corrected chi connectivity index (χ1v) is 5.14. The fourth-order valence-corrected chi connectivity index (χ4v) is 1.69. The third-order valence-electron chi connectivity index (χ3n) is 1.99. The molecule has 0 amide bonds. The number of rotatable bonds is 2. The molecule has 0 atom stereocenters. The molecule has 2 nitrogen and oxygen atoms in total. The molecule has 0 aliphatic rings. The molecule has 0 bridgehead atoms. The van der Waals surface area contributed by atoms with E-state index in [1.165, 1.54) is 0 Å². The Kier molecular flexibility index (Phi) is 3.30. The van der Waals surface area contributed by atoms with Crippen molar-refractivity contribution in [1.82, 2.24) is 0 Å². The zero-order chi connectivity index (χ0) is 10.0. The number of hydrogen-bond donors (Lipinski definition) is 0. The summed E-state index contributed by atoms with van der Waals surface area (Å²) >= 11 is 2.13. The summed E-state index contributed by atoms with van der Waals surface area (Å²) in [6.45, 7) is 3.91. The van der Waals surface area contributed by atoms with Crippen molar-refractivity contribution in [2.45, 2.75) is 20.3 Å². The molecule has 0 aliphatic heterocycles.